The molecule has 0 saturated carbocycles. The van der Waals surface area contributed by atoms with Crippen molar-refractivity contribution in [2.45, 2.75) is 45.6 Å². The van der Waals surface area contributed by atoms with Gasteiger partial charge in [0.15, 0.2) is 5.82 Å². The topological polar surface area (TPSA) is 63.8 Å². The highest BCUT2D eigenvalue weighted by Gasteiger charge is 2.21. The van der Waals surface area contributed by atoms with Crippen molar-refractivity contribution in [3.05, 3.63) is 27.8 Å². The van der Waals surface area contributed by atoms with E-state index in [4.69, 9.17) is 4.52 Å². The fraction of sp³-hybridized carbons (Fsp3) is 0.615. The van der Waals surface area contributed by atoms with Crippen LogP contribution in [0.3, 0.4) is 0 Å². The second-order valence-corrected chi connectivity index (χ2v) is 5.64. The maximum atomic E-state index is 5.37. The van der Waals surface area contributed by atoms with E-state index in [1.54, 1.807) is 11.3 Å². The highest BCUT2D eigenvalue weighted by atomic mass is 32.1. The van der Waals surface area contributed by atoms with Gasteiger partial charge in [0.2, 0.25) is 5.89 Å². The van der Waals surface area contributed by atoms with E-state index in [2.05, 4.69) is 34.3 Å². The molecule has 104 valence electrons. The minimum Gasteiger partial charge on any atom is -0.339 e. The predicted molar refractivity (Wildman–Crippen MR) is 75.5 cm³/mol. The van der Waals surface area contributed by atoms with E-state index in [1.807, 2.05) is 19.4 Å². The van der Waals surface area contributed by atoms with Crippen LogP contribution < -0.4 is 5.32 Å². The van der Waals surface area contributed by atoms with Crippen molar-refractivity contribution < 1.29 is 4.52 Å². The normalized spacial score (nSPS) is 14.5. The van der Waals surface area contributed by atoms with Gasteiger partial charge in [-0.1, -0.05) is 19.0 Å². The summed E-state index contributed by atoms with van der Waals surface area (Å²) in [4.78, 5) is 8.89. The average Bonchev–Trinajstić information content (AvgIpc) is 3.01. The standard InChI is InChI=1S/C13H20N4OS/c1-5-10(14-4)9(3)13-16-11(17-18-13)6-12-15-8(2)7-19-12/h7,9-10,14H,5-6H2,1-4H3. The minimum atomic E-state index is 0.217. The van der Waals surface area contributed by atoms with Gasteiger partial charge in [0.1, 0.15) is 5.01 Å². The molecule has 2 unspecified atom stereocenters. The van der Waals surface area contributed by atoms with Gasteiger partial charge < -0.3 is 9.84 Å². The minimum absolute atomic E-state index is 0.217. The quantitative estimate of drug-likeness (QED) is 0.881. The van der Waals surface area contributed by atoms with Crippen molar-refractivity contribution in [1.82, 2.24) is 20.4 Å². The lowest BCUT2D eigenvalue weighted by molar-refractivity contribution is 0.324. The Hall–Kier alpha value is -1.27. The fourth-order valence-electron chi connectivity index (χ4n) is 2.12. The second kappa shape index (κ2) is 6.25. The molecule has 2 heterocycles. The zero-order valence-corrected chi connectivity index (χ0v) is 12.6. The molecule has 0 aromatic carbocycles. The molecular weight excluding hydrogens is 260 g/mol. The van der Waals surface area contributed by atoms with E-state index in [-0.39, 0.29) is 5.92 Å². The summed E-state index contributed by atoms with van der Waals surface area (Å²) < 4.78 is 5.37. The largest absolute Gasteiger partial charge is 0.339 e. The lowest BCUT2D eigenvalue weighted by Gasteiger charge is -2.18. The Bertz CT molecular complexity index is 518. The van der Waals surface area contributed by atoms with Gasteiger partial charge in [0.25, 0.3) is 0 Å². The van der Waals surface area contributed by atoms with E-state index in [9.17, 15) is 0 Å². The lowest BCUT2D eigenvalue weighted by atomic mass is 10.00. The van der Waals surface area contributed by atoms with Gasteiger partial charge >= 0.3 is 0 Å². The molecule has 2 aromatic rings. The maximum Gasteiger partial charge on any atom is 0.231 e. The molecule has 0 aliphatic heterocycles. The number of aromatic nitrogens is 3. The molecule has 2 aromatic heterocycles. The van der Waals surface area contributed by atoms with Gasteiger partial charge in [-0.25, -0.2) is 4.98 Å². The van der Waals surface area contributed by atoms with Crippen LogP contribution in [0.25, 0.3) is 0 Å². The predicted octanol–water partition coefficient (Wildman–Crippen LogP) is 2.53. The molecular formula is C13H20N4OS. The molecule has 2 atom stereocenters. The Morgan fingerprint density at radius 1 is 1.42 bits per heavy atom. The van der Waals surface area contributed by atoms with E-state index < -0.39 is 0 Å². The smallest absolute Gasteiger partial charge is 0.231 e. The van der Waals surface area contributed by atoms with Gasteiger partial charge in [-0.3, -0.25) is 0 Å². The molecule has 0 radical (unpaired) electrons. The Kier molecular flexibility index (Phi) is 4.66. The summed E-state index contributed by atoms with van der Waals surface area (Å²) in [6, 6.07) is 0.357. The Labute approximate surface area is 117 Å². The molecule has 0 amide bonds. The van der Waals surface area contributed by atoms with Crippen molar-refractivity contribution in [2.75, 3.05) is 7.05 Å². The van der Waals surface area contributed by atoms with Crippen LogP contribution in [0, 0.1) is 6.92 Å². The summed E-state index contributed by atoms with van der Waals surface area (Å²) in [6.07, 6.45) is 1.67. The molecule has 0 spiro atoms. The lowest BCUT2D eigenvalue weighted by Crippen LogP contribution is -2.30. The summed E-state index contributed by atoms with van der Waals surface area (Å²) in [7, 11) is 1.96. The van der Waals surface area contributed by atoms with Crippen LogP contribution in [0.4, 0.5) is 0 Å². The maximum absolute atomic E-state index is 5.37. The third kappa shape index (κ3) is 3.39. The number of thiazole rings is 1. The fourth-order valence-corrected chi connectivity index (χ4v) is 2.89. The number of hydrogen-bond donors (Lipinski definition) is 1. The summed E-state index contributed by atoms with van der Waals surface area (Å²) in [5.74, 6) is 1.63. The molecule has 0 saturated heterocycles. The SMILES string of the molecule is CCC(NC)C(C)c1nc(Cc2nc(C)cs2)no1. The molecule has 0 aliphatic rings. The van der Waals surface area contributed by atoms with Gasteiger partial charge in [0.05, 0.1) is 12.3 Å². The van der Waals surface area contributed by atoms with Gasteiger partial charge in [-0.15, -0.1) is 11.3 Å². The van der Waals surface area contributed by atoms with Crippen molar-refractivity contribution in [3.8, 4) is 0 Å². The Balaban J connectivity index is 2.06. The molecule has 5 nitrogen and oxygen atoms in total. The highest BCUT2D eigenvalue weighted by Crippen LogP contribution is 2.20. The summed E-state index contributed by atoms with van der Waals surface area (Å²) in [6.45, 7) is 6.24. The zero-order chi connectivity index (χ0) is 13.8. The second-order valence-electron chi connectivity index (χ2n) is 4.70. The number of aryl methyl sites for hydroxylation is 1. The van der Waals surface area contributed by atoms with Crippen molar-refractivity contribution >= 4 is 11.3 Å². The van der Waals surface area contributed by atoms with Crippen LogP contribution in [0.2, 0.25) is 0 Å². The summed E-state index contributed by atoms with van der Waals surface area (Å²) >= 11 is 1.63. The van der Waals surface area contributed by atoms with Crippen LogP contribution in [-0.4, -0.2) is 28.2 Å². The van der Waals surface area contributed by atoms with Gasteiger partial charge in [-0.2, -0.15) is 4.98 Å². The molecule has 1 N–H and O–H groups in total. The Morgan fingerprint density at radius 3 is 2.79 bits per heavy atom. The highest BCUT2D eigenvalue weighted by molar-refractivity contribution is 7.09. The average molecular weight is 280 g/mol. The van der Waals surface area contributed by atoms with E-state index >= 15 is 0 Å². The molecule has 0 fully saturated rings. The monoisotopic (exact) mass is 280 g/mol. The number of likely N-dealkylation sites (N-methyl/N-ethyl adjacent to an activating group) is 1. The van der Waals surface area contributed by atoms with Crippen molar-refractivity contribution in [3.63, 3.8) is 0 Å². The summed E-state index contributed by atoms with van der Waals surface area (Å²) in [5.41, 5.74) is 1.04. The number of rotatable bonds is 6. The number of nitrogens with one attached hydrogen (secondary N) is 1. The van der Waals surface area contributed by atoms with Crippen LogP contribution in [-0.2, 0) is 6.42 Å². The van der Waals surface area contributed by atoms with Crippen LogP contribution in [0.5, 0.6) is 0 Å². The molecule has 6 heteroatoms. The number of nitrogens with zero attached hydrogens (tertiary/aromatic N) is 3. The first-order chi connectivity index (χ1) is 9.13. The summed E-state index contributed by atoms with van der Waals surface area (Å²) in [5, 5.41) is 10.4. The molecule has 19 heavy (non-hydrogen) atoms. The zero-order valence-electron chi connectivity index (χ0n) is 11.8. The van der Waals surface area contributed by atoms with Crippen LogP contribution in [0.1, 0.15) is 48.6 Å². The van der Waals surface area contributed by atoms with Crippen molar-refractivity contribution in [1.29, 1.82) is 0 Å². The van der Waals surface area contributed by atoms with E-state index in [0.717, 1.165) is 17.1 Å². The third-order valence-electron chi connectivity index (χ3n) is 3.26. The van der Waals surface area contributed by atoms with Gasteiger partial charge in [0, 0.05) is 17.1 Å². The van der Waals surface area contributed by atoms with Crippen LogP contribution in [0.15, 0.2) is 9.90 Å². The third-order valence-corrected chi connectivity index (χ3v) is 4.23. The van der Waals surface area contributed by atoms with E-state index in [1.165, 1.54) is 0 Å². The van der Waals surface area contributed by atoms with Crippen LogP contribution >= 0.6 is 11.3 Å². The van der Waals surface area contributed by atoms with E-state index in [0.29, 0.717) is 24.2 Å². The first-order valence-electron chi connectivity index (χ1n) is 6.54. The first kappa shape index (κ1) is 14.1. The Morgan fingerprint density at radius 2 is 2.21 bits per heavy atom. The number of hydrogen-bond acceptors (Lipinski definition) is 6. The molecule has 2 rings (SSSR count). The molecule has 0 aliphatic carbocycles. The van der Waals surface area contributed by atoms with Gasteiger partial charge in [-0.05, 0) is 20.4 Å². The first-order valence-corrected chi connectivity index (χ1v) is 7.42. The van der Waals surface area contributed by atoms with Crippen molar-refractivity contribution in [2.24, 2.45) is 0 Å². The molecule has 0 bridgehead atoms.